The van der Waals surface area contributed by atoms with Crippen LogP contribution >= 0.6 is 0 Å². The Hall–Kier alpha value is -0.600. The highest BCUT2D eigenvalue weighted by Gasteiger charge is 1.89. The Morgan fingerprint density at radius 2 is 1.26 bits per heavy atom. The zero-order valence-corrected chi connectivity index (χ0v) is 12.9. The Morgan fingerprint density at radius 3 is 1.89 bits per heavy atom. The highest BCUT2D eigenvalue weighted by molar-refractivity contribution is 5.02. The molecule has 2 nitrogen and oxygen atoms in total. The van der Waals surface area contributed by atoms with Crippen LogP contribution in [0.15, 0.2) is 24.3 Å². The highest BCUT2D eigenvalue weighted by atomic mass is 16.7. The van der Waals surface area contributed by atoms with Crippen LogP contribution in [0.5, 0.6) is 0 Å². The predicted molar refractivity (Wildman–Crippen MR) is 83.3 cm³/mol. The maximum atomic E-state index is 5.39. The van der Waals surface area contributed by atoms with Gasteiger partial charge in [-0.15, -0.1) is 0 Å². The second-order valence-electron chi connectivity index (χ2n) is 4.78. The zero-order valence-electron chi connectivity index (χ0n) is 12.9. The average Bonchev–Trinajstić information content (AvgIpc) is 2.43. The monoisotopic (exact) mass is 268 g/mol. The summed E-state index contributed by atoms with van der Waals surface area (Å²) in [5.74, 6) is 0. The minimum absolute atomic E-state index is 0.454. The molecular weight excluding hydrogens is 236 g/mol. The molecule has 112 valence electrons. The fourth-order valence-electron chi connectivity index (χ4n) is 1.56. The van der Waals surface area contributed by atoms with Crippen molar-refractivity contribution in [2.45, 2.75) is 65.2 Å². The van der Waals surface area contributed by atoms with Crippen molar-refractivity contribution in [1.29, 1.82) is 0 Å². The van der Waals surface area contributed by atoms with Crippen LogP contribution in [-0.4, -0.2) is 20.0 Å². The summed E-state index contributed by atoms with van der Waals surface area (Å²) >= 11 is 0. The van der Waals surface area contributed by atoms with Gasteiger partial charge >= 0.3 is 0 Å². The third kappa shape index (κ3) is 17.4. The van der Waals surface area contributed by atoms with Gasteiger partial charge in [-0.1, -0.05) is 57.4 Å². The van der Waals surface area contributed by atoms with Gasteiger partial charge < -0.3 is 9.47 Å². The predicted octanol–water partition coefficient (Wildman–Crippen LogP) is 5.25. The number of allylic oxidation sites excluding steroid dienone is 4. The standard InChI is InChI=1S/C17H32O2/c1-3-5-7-8-9-10-11-12-13-14-16-19-17-18-15-6-4-2/h8-11H,3-7,12-17H2,1-2H3/b9-8-,11-10+. The molecule has 0 atom stereocenters. The van der Waals surface area contributed by atoms with E-state index in [-0.39, 0.29) is 0 Å². The topological polar surface area (TPSA) is 18.5 Å². The lowest BCUT2D eigenvalue weighted by molar-refractivity contribution is -0.0551. The van der Waals surface area contributed by atoms with E-state index in [4.69, 9.17) is 9.47 Å². The van der Waals surface area contributed by atoms with Gasteiger partial charge in [0, 0.05) is 13.2 Å². The van der Waals surface area contributed by atoms with E-state index in [9.17, 15) is 0 Å². The van der Waals surface area contributed by atoms with Crippen LogP contribution in [0.4, 0.5) is 0 Å². The zero-order chi connectivity index (χ0) is 14.0. The van der Waals surface area contributed by atoms with Gasteiger partial charge in [0.25, 0.3) is 0 Å². The Bertz CT molecular complexity index is 209. The molecule has 0 rings (SSSR count). The van der Waals surface area contributed by atoms with Gasteiger partial charge in [0.05, 0.1) is 0 Å². The minimum atomic E-state index is 0.454. The van der Waals surface area contributed by atoms with Crippen molar-refractivity contribution in [1.82, 2.24) is 0 Å². The third-order valence-corrected chi connectivity index (χ3v) is 2.83. The molecule has 0 aromatic carbocycles. The van der Waals surface area contributed by atoms with Crippen LogP contribution < -0.4 is 0 Å². The van der Waals surface area contributed by atoms with E-state index in [2.05, 4.69) is 38.2 Å². The number of ether oxygens (including phenoxy) is 2. The Kier molecular flexibility index (Phi) is 16.9. The van der Waals surface area contributed by atoms with Crippen LogP contribution in [0.1, 0.15) is 65.2 Å². The van der Waals surface area contributed by atoms with E-state index >= 15 is 0 Å². The summed E-state index contributed by atoms with van der Waals surface area (Å²) in [6.45, 7) is 6.48. The summed E-state index contributed by atoms with van der Waals surface area (Å²) in [6.07, 6.45) is 18.3. The van der Waals surface area contributed by atoms with Crippen molar-refractivity contribution in [2.24, 2.45) is 0 Å². The molecule has 0 spiro atoms. The summed E-state index contributed by atoms with van der Waals surface area (Å²) in [7, 11) is 0. The molecule has 0 heterocycles. The quantitative estimate of drug-likeness (QED) is 0.243. The normalized spacial score (nSPS) is 11.9. The fraction of sp³-hybridized carbons (Fsp3) is 0.765. The average molecular weight is 268 g/mol. The van der Waals surface area contributed by atoms with Crippen molar-refractivity contribution in [2.75, 3.05) is 20.0 Å². The summed E-state index contributed by atoms with van der Waals surface area (Å²) in [5, 5.41) is 0. The van der Waals surface area contributed by atoms with E-state index in [1.54, 1.807) is 0 Å². The van der Waals surface area contributed by atoms with Crippen molar-refractivity contribution in [3.8, 4) is 0 Å². The maximum absolute atomic E-state index is 5.39. The first-order valence-corrected chi connectivity index (χ1v) is 7.89. The van der Waals surface area contributed by atoms with E-state index in [0.717, 1.165) is 32.5 Å². The molecule has 2 heteroatoms. The molecule has 0 amide bonds. The molecule has 0 bridgehead atoms. The molecule has 0 aromatic rings. The van der Waals surface area contributed by atoms with E-state index < -0.39 is 0 Å². The maximum Gasteiger partial charge on any atom is 0.146 e. The van der Waals surface area contributed by atoms with Gasteiger partial charge in [0.15, 0.2) is 0 Å². The van der Waals surface area contributed by atoms with E-state index in [1.807, 2.05) is 0 Å². The Morgan fingerprint density at radius 1 is 0.684 bits per heavy atom. The summed E-state index contributed by atoms with van der Waals surface area (Å²) in [5.41, 5.74) is 0. The number of hydrogen-bond acceptors (Lipinski definition) is 2. The second kappa shape index (κ2) is 17.4. The first-order chi connectivity index (χ1) is 9.41. The molecule has 0 aliphatic heterocycles. The lowest BCUT2D eigenvalue weighted by Crippen LogP contribution is -2.02. The lowest BCUT2D eigenvalue weighted by Gasteiger charge is -2.04. The number of rotatable bonds is 14. The van der Waals surface area contributed by atoms with Crippen molar-refractivity contribution < 1.29 is 9.47 Å². The van der Waals surface area contributed by atoms with Crippen LogP contribution in [0.25, 0.3) is 0 Å². The van der Waals surface area contributed by atoms with Gasteiger partial charge in [0.2, 0.25) is 0 Å². The third-order valence-electron chi connectivity index (χ3n) is 2.83. The Balaban J connectivity index is 3.09. The van der Waals surface area contributed by atoms with Crippen LogP contribution in [0, 0.1) is 0 Å². The first-order valence-electron chi connectivity index (χ1n) is 7.89. The molecular formula is C17H32O2. The van der Waals surface area contributed by atoms with Crippen molar-refractivity contribution in [3.05, 3.63) is 24.3 Å². The molecule has 0 N–H and O–H groups in total. The number of hydrogen-bond donors (Lipinski definition) is 0. The van der Waals surface area contributed by atoms with Gasteiger partial charge in [-0.25, -0.2) is 0 Å². The molecule has 19 heavy (non-hydrogen) atoms. The van der Waals surface area contributed by atoms with Gasteiger partial charge in [-0.05, 0) is 32.1 Å². The molecule has 0 saturated heterocycles. The summed E-state index contributed by atoms with van der Waals surface area (Å²) in [4.78, 5) is 0. The molecule has 0 saturated carbocycles. The molecule has 0 fully saturated rings. The van der Waals surface area contributed by atoms with E-state index in [1.165, 1.54) is 32.1 Å². The highest BCUT2D eigenvalue weighted by Crippen LogP contribution is 1.99. The molecule has 0 radical (unpaired) electrons. The largest absolute Gasteiger partial charge is 0.355 e. The molecule has 0 aliphatic rings. The van der Waals surface area contributed by atoms with Crippen LogP contribution in [-0.2, 0) is 9.47 Å². The van der Waals surface area contributed by atoms with Crippen LogP contribution in [0.3, 0.4) is 0 Å². The molecule has 0 unspecified atom stereocenters. The van der Waals surface area contributed by atoms with Crippen molar-refractivity contribution >= 4 is 0 Å². The lowest BCUT2D eigenvalue weighted by atomic mass is 10.2. The molecule has 0 aromatic heterocycles. The van der Waals surface area contributed by atoms with Crippen LogP contribution in [0.2, 0.25) is 0 Å². The summed E-state index contributed by atoms with van der Waals surface area (Å²) < 4.78 is 10.7. The van der Waals surface area contributed by atoms with E-state index in [0.29, 0.717) is 6.79 Å². The van der Waals surface area contributed by atoms with Gasteiger partial charge in [-0.3, -0.25) is 0 Å². The number of unbranched alkanes of at least 4 members (excludes halogenated alkanes) is 5. The van der Waals surface area contributed by atoms with Gasteiger partial charge in [-0.2, -0.15) is 0 Å². The van der Waals surface area contributed by atoms with Crippen molar-refractivity contribution in [3.63, 3.8) is 0 Å². The second-order valence-corrected chi connectivity index (χ2v) is 4.78. The fourth-order valence-corrected chi connectivity index (χ4v) is 1.56. The first kappa shape index (κ1) is 18.4. The smallest absolute Gasteiger partial charge is 0.146 e. The molecule has 0 aliphatic carbocycles. The van der Waals surface area contributed by atoms with Gasteiger partial charge in [0.1, 0.15) is 6.79 Å². The Labute approximate surface area is 119 Å². The minimum Gasteiger partial charge on any atom is -0.355 e. The summed E-state index contributed by atoms with van der Waals surface area (Å²) in [6, 6.07) is 0. The SMILES string of the molecule is CCCC/C=C\C=C\CCCCOCOCCCC.